The normalized spacial score (nSPS) is 9.69. The van der Waals surface area contributed by atoms with Gasteiger partial charge in [-0.15, -0.1) is 0 Å². The first-order chi connectivity index (χ1) is 7.54. The predicted octanol–water partition coefficient (Wildman–Crippen LogP) is 1.49. The number of nitrogens with one attached hydrogen (secondary N) is 1. The zero-order valence-electron chi connectivity index (χ0n) is 8.42. The maximum atomic E-state index is 12.7. The van der Waals surface area contributed by atoms with E-state index in [-0.39, 0.29) is 12.1 Å². The minimum Gasteiger partial charge on any atom is -0.468 e. The van der Waals surface area contributed by atoms with Crippen molar-refractivity contribution in [3.8, 4) is 0 Å². The molecule has 0 spiro atoms. The van der Waals surface area contributed by atoms with E-state index in [0.29, 0.717) is 4.47 Å². The zero-order valence-corrected chi connectivity index (χ0v) is 10.0. The van der Waals surface area contributed by atoms with Crippen molar-refractivity contribution in [2.45, 2.75) is 0 Å². The van der Waals surface area contributed by atoms with Crippen LogP contribution in [0.4, 0.5) is 4.39 Å². The second-order valence-corrected chi connectivity index (χ2v) is 3.74. The summed E-state index contributed by atoms with van der Waals surface area (Å²) < 4.78 is 17.4. The topological polar surface area (TPSA) is 55.4 Å². The van der Waals surface area contributed by atoms with Crippen LogP contribution < -0.4 is 5.32 Å². The van der Waals surface area contributed by atoms with Crippen molar-refractivity contribution in [3.05, 3.63) is 34.1 Å². The van der Waals surface area contributed by atoms with Crippen LogP contribution in [0.25, 0.3) is 0 Å². The Morgan fingerprint density at radius 1 is 1.50 bits per heavy atom. The zero-order chi connectivity index (χ0) is 12.1. The second kappa shape index (κ2) is 5.60. The molecule has 16 heavy (non-hydrogen) atoms. The summed E-state index contributed by atoms with van der Waals surface area (Å²) in [4.78, 5) is 22.3. The van der Waals surface area contributed by atoms with Gasteiger partial charge in [0.05, 0.1) is 12.7 Å². The molecule has 86 valence electrons. The molecule has 0 heterocycles. The average molecular weight is 290 g/mol. The first-order valence-corrected chi connectivity index (χ1v) is 5.14. The van der Waals surface area contributed by atoms with Crippen LogP contribution in [0, 0.1) is 5.82 Å². The summed E-state index contributed by atoms with van der Waals surface area (Å²) in [5.74, 6) is -1.47. The van der Waals surface area contributed by atoms with E-state index in [1.165, 1.54) is 19.2 Å². The molecule has 0 aliphatic rings. The van der Waals surface area contributed by atoms with Crippen molar-refractivity contribution in [2.75, 3.05) is 13.7 Å². The summed E-state index contributed by atoms with van der Waals surface area (Å²) in [6, 6.07) is 3.66. The van der Waals surface area contributed by atoms with Crippen LogP contribution in [0.1, 0.15) is 10.4 Å². The molecule has 6 heteroatoms. The molecule has 0 aliphatic heterocycles. The number of amides is 1. The molecule has 1 N–H and O–H groups in total. The average Bonchev–Trinajstić information content (AvgIpc) is 2.25. The minimum absolute atomic E-state index is 0.223. The fraction of sp³-hybridized carbons (Fsp3) is 0.200. The van der Waals surface area contributed by atoms with Gasteiger partial charge in [-0.05, 0) is 34.1 Å². The Morgan fingerprint density at radius 2 is 2.19 bits per heavy atom. The second-order valence-electron chi connectivity index (χ2n) is 2.88. The van der Waals surface area contributed by atoms with Gasteiger partial charge in [-0.1, -0.05) is 0 Å². The Morgan fingerprint density at radius 3 is 2.75 bits per heavy atom. The molecule has 1 aromatic carbocycles. The number of carbonyl (C=O) groups excluding carboxylic acids is 2. The number of methoxy groups -OCH3 is 1. The number of hydrogen-bond donors (Lipinski definition) is 1. The Kier molecular flexibility index (Phi) is 4.42. The Bertz CT molecular complexity index is 423. The number of benzene rings is 1. The van der Waals surface area contributed by atoms with Gasteiger partial charge in [0.2, 0.25) is 0 Å². The number of ether oxygens (including phenoxy) is 1. The van der Waals surface area contributed by atoms with Crippen molar-refractivity contribution >= 4 is 27.8 Å². The molecule has 0 saturated carbocycles. The van der Waals surface area contributed by atoms with E-state index >= 15 is 0 Å². The number of carbonyl (C=O) groups is 2. The smallest absolute Gasteiger partial charge is 0.325 e. The van der Waals surface area contributed by atoms with Crippen LogP contribution >= 0.6 is 15.9 Å². The lowest BCUT2D eigenvalue weighted by Crippen LogP contribution is -2.30. The highest BCUT2D eigenvalue weighted by molar-refractivity contribution is 9.10. The molecular formula is C10H9BrFNO3. The number of halogens is 2. The van der Waals surface area contributed by atoms with Crippen molar-refractivity contribution in [3.63, 3.8) is 0 Å². The maximum Gasteiger partial charge on any atom is 0.325 e. The molecular weight excluding hydrogens is 281 g/mol. The molecule has 0 aromatic heterocycles. The van der Waals surface area contributed by atoms with Gasteiger partial charge in [-0.2, -0.15) is 0 Å². The third-order valence-corrected chi connectivity index (χ3v) is 2.45. The Hall–Kier alpha value is -1.43. The van der Waals surface area contributed by atoms with E-state index in [4.69, 9.17) is 0 Å². The molecule has 0 atom stereocenters. The molecule has 1 aromatic rings. The SMILES string of the molecule is COC(=O)CNC(=O)c1ccc(F)cc1Br. The molecule has 4 nitrogen and oxygen atoms in total. The third-order valence-electron chi connectivity index (χ3n) is 1.80. The largest absolute Gasteiger partial charge is 0.468 e. The summed E-state index contributed by atoms with van der Waals surface area (Å²) >= 11 is 3.05. The molecule has 0 radical (unpaired) electrons. The van der Waals surface area contributed by atoms with E-state index in [1.807, 2.05) is 0 Å². The van der Waals surface area contributed by atoms with Crippen molar-refractivity contribution in [1.82, 2.24) is 5.32 Å². The Labute approximate surface area is 99.9 Å². The van der Waals surface area contributed by atoms with Gasteiger partial charge >= 0.3 is 5.97 Å². The number of rotatable bonds is 3. The highest BCUT2D eigenvalue weighted by Gasteiger charge is 2.11. The van der Waals surface area contributed by atoms with Crippen LogP contribution in [0.3, 0.4) is 0 Å². The van der Waals surface area contributed by atoms with Gasteiger partial charge in [0, 0.05) is 4.47 Å². The molecule has 0 bridgehead atoms. The summed E-state index contributed by atoms with van der Waals surface area (Å²) in [5.41, 5.74) is 0.255. The molecule has 0 fully saturated rings. The molecule has 1 rings (SSSR count). The van der Waals surface area contributed by atoms with Gasteiger partial charge in [0.15, 0.2) is 0 Å². The summed E-state index contributed by atoms with van der Waals surface area (Å²) in [7, 11) is 1.22. The van der Waals surface area contributed by atoms with Gasteiger partial charge in [-0.3, -0.25) is 9.59 Å². The van der Waals surface area contributed by atoms with Crippen LogP contribution in [0.5, 0.6) is 0 Å². The fourth-order valence-electron chi connectivity index (χ4n) is 0.993. The highest BCUT2D eigenvalue weighted by atomic mass is 79.9. The van der Waals surface area contributed by atoms with E-state index in [1.54, 1.807) is 0 Å². The first kappa shape index (κ1) is 12.6. The minimum atomic E-state index is -0.549. The van der Waals surface area contributed by atoms with E-state index in [9.17, 15) is 14.0 Å². The molecule has 0 aliphatic carbocycles. The first-order valence-electron chi connectivity index (χ1n) is 4.34. The van der Waals surface area contributed by atoms with Crippen LogP contribution in [0.2, 0.25) is 0 Å². The summed E-state index contributed by atoms with van der Waals surface area (Å²) in [6.45, 7) is -0.223. The fourth-order valence-corrected chi connectivity index (χ4v) is 1.52. The van der Waals surface area contributed by atoms with Gasteiger partial charge in [0.1, 0.15) is 12.4 Å². The quantitative estimate of drug-likeness (QED) is 0.858. The van der Waals surface area contributed by atoms with E-state index in [0.717, 1.165) is 6.07 Å². The Balaban J connectivity index is 2.70. The lowest BCUT2D eigenvalue weighted by molar-refractivity contribution is -0.139. The van der Waals surface area contributed by atoms with Crippen LogP contribution in [-0.4, -0.2) is 25.5 Å². The van der Waals surface area contributed by atoms with E-state index < -0.39 is 17.7 Å². The number of hydrogen-bond acceptors (Lipinski definition) is 3. The lowest BCUT2D eigenvalue weighted by Gasteiger charge is -2.05. The molecule has 0 saturated heterocycles. The van der Waals surface area contributed by atoms with Gasteiger partial charge in [-0.25, -0.2) is 4.39 Å². The molecule has 1 amide bonds. The standard InChI is InChI=1S/C10H9BrFNO3/c1-16-9(14)5-13-10(15)7-3-2-6(12)4-8(7)11/h2-4H,5H2,1H3,(H,13,15). The summed E-state index contributed by atoms with van der Waals surface area (Å²) in [6.07, 6.45) is 0. The van der Waals surface area contributed by atoms with Crippen LogP contribution in [-0.2, 0) is 9.53 Å². The number of esters is 1. The third kappa shape index (κ3) is 3.30. The maximum absolute atomic E-state index is 12.7. The van der Waals surface area contributed by atoms with Crippen molar-refractivity contribution in [2.24, 2.45) is 0 Å². The molecule has 0 unspecified atom stereocenters. The summed E-state index contributed by atoms with van der Waals surface area (Å²) in [5, 5.41) is 2.34. The predicted molar refractivity (Wildman–Crippen MR) is 58.4 cm³/mol. The van der Waals surface area contributed by atoms with Crippen molar-refractivity contribution in [1.29, 1.82) is 0 Å². The van der Waals surface area contributed by atoms with Gasteiger partial charge < -0.3 is 10.1 Å². The van der Waals surface area contributed by atoms with Gasteiger partial charge in [0.25, 0.3) is 5.91 Å². The van der Waals surface area contributed by atoms with Crippen molar-refractivity contribution < 1.29 is 18.7 Å². The lowest BCUT2D eigenvalue weighted by atomic mass is 10.2. The highest BCUT2D eigenvalue weighted by Crippen LogP contribution is 2.17. The monoisotopic (exact) mass is 289 g/mol. The van der Waals surface area contributed by atoms with Crippen LogP contribution in [0.15, 0.2) is 22.7 Å². The van der Waals surface area contributed by atoms with E-state index in [2.05, 4.69) is 26.0 Å².